The van der Waals surface area contributed by atoms with Crippen molar-refractivity contribution in [3.8, 4) is 0 Å². The quantitative estimate of drug-likeness (QED) is 0.873. The molecule has 4 nitrogen and oxygen atoms in total. The molecular weight excluding hydrogens is 264 g/mol. The standard InChI is InChI=1S/C14H21ClN2O2/c1-10(2)17(9-11(3)18)14(19)16-8-12-5-4-6-13(15)7-12/h4-7,10-11,18H,8-9H2,1-3H3,(H,16,19). The van der Waals surface area contributed by atoms with Gasteiger partial charge in [-0.15, -0.1) is 0 Å². The second-order valence-electron chi connectivity index (χ2n) is 4.88. The van der Waals surface area contributed by atoms with E-state index in [9.17, 15) is 9.90 Å². The van der Waals surface area contributed by atoms with Crippen molar-refractivity contribution in [3.63, 3.8) is 0 Å². The lowest BCUT2D eigenvalue weighted by molar-refractivity contribution is 0.119. The molecule has 0 aliphatic carbocycles. The highest BCUT2D eigenvalue weighted by Crippen LogP contribution is 2.10. The number of rotatable bonds is 5. The third-order valence-corrected chi connectivity index (χ3v) is 2.91. The van der Waals surface area contributed by atoms with Crippen molar-refractivity contribution in [1.29, 1.82) is 0 Å². The van der Waals surface area contributed by atoms with Gasteiger partial charge >= 0.3 is 6.03 Å². The molecule has 5 heteroatoms. The van der Waals surface area contributed by atoms with E-state index >= 15 is 0 Å². The van der Waals surface area contributed by atoms with E-state index in [1.54, 1.807) is 17.9 Å². The van der Waals surface area contributed by atoms with Gasteiger partial charge in [-0.2, -0.15) is 0 Å². The smallest absolute Gasteiger partial charge is 0.317 e. The van der Waals surface area contributed by atoms with Gasteiger partial charge in [-0.25, -0.2) is 4.79 Å². The molecule has 0 spiro atoms. The van der Waals surface area contributed by atoms with Gasteiger partial charge in [0.05, 0.1) is 6.10 Å². The van der Waals surface area contributed by atoms with Gasteiger partial charge in [-0.1, -0.05) is 23.7 Å². The molecule has 1 unspecified atom stereocenters. The molecule has 19 heavy (non-hydrogen) atoms. The number of benzene rings is 1. The summed E-state index contributed by atoms with van der Waals surface area (Å²) in [6.45, 7) is 6.24. The maximum Gasteiger partial charge on any atom is 0.317 e. The monoisotopic (exact) mass is 284 g/mol. The minimum atomic E-state index is -0.542. The van der Waals surface area contributed by atoms with Crippen molar-refractivity contribution in [2.24, 2.45) is 0 Å². The zero-order valence-electron chi connectivity index (χ0n) is 11.6. The molecule has 0 saturated heterocycles. The minimum absolute atomic E-state index is 0.0361. The Morgan fingerprint density at radius 2 is 2.11 bits per heavy atom. The number of urea groups is 1. The molecule has 0 aliphatic rings. The number of nitrogens with zero attached hydrogens (tertiary/aromatic N) is 1. The van der Waals surface area contributed by atoms with E-state index in [0.29, 0.717) is 18.1 Å². The Morgan fingerprint density at radius 1 is 1.42 bits per heavy atom. The van der Waals surface area contributed by atoms with E-state index in [4.69, 9.17) is 11.6 Å². The van der Waals surface area contributed by atoms with Crippen LogP contribution in [0.4, 0.5) is 4.79 Å². The summed E-state index contributed by atoms with van der Waals surface area (Å²) in [5.74, 6) is 0. The lowest BCUT2D eigenvalue weighted by Crippen LogP contribution is -2.46. The molecular formula is C14H21ClN2O2. The van der Waals surface area contributed by atoms with Gasteiger partial charge in [0.1, 0.15) is 0 Å². The van der Waals surface area contributed by atoms with Crippen molar-refractivity contribution in [1.82, 2.24) is 10.2 Å². The van der Waals surface area contributed by atoms with E-state index in [1.165, 1.54) is 0 Å². The number of carbonyl (C=O) groups excluding carboxylic acids is 1. The van der Waals surface area contributed by atoms with Gasteiger partial charge in [0.25, 0.3) is 0 Å². The van der Waals surface area contributed by atoms with Crippen LogP contribution >= 0.6 is 11.6 Å². The van der Waals surface area contributed by atoms with Crippen LogP contribution in [0.3, 0.4) is 0 Å². The molecule has 1 aromatic rings. The predicted octanol–water partition coefficient (Wildman–Crippen LogP) is 2.64. The highest BCUT2D eigenvalue weighted by Gasteiger charge is 2.18. The first-order valence-electron chi connectivity index (χ1n) is 6.37. The summed E-state index contributed by atoms with van der Waals surface area (Å²) in [6.07, 6.45) is -0.542. The van der Waals surface area contributed by atoms with Gasteiger partial charge in [0.15, 0.2) is 0 Å². The maximum absolute atomic E-state index is 12.0. The van der Waals surface area contributed by atoms with Gasteiger partial charge in [0, 0.05) is 24.2 Å². The molecule has 1 atom stereocenters. The summed E-state index contributed by atoms with van der Waals surface area (Å²) in [7, 11) is 0. The summed E-state index contributed by atoms with van der Waals surface area (Å²) in [4.78, 5) is 13.7. The highest BCUT2D eigenvalue weighted by atomic mass is 35.5. The molecule has 0 radical (unpaired) electrons. The summed E-state index contributed by atoms with van der Waals surface area (Å²) in [5.41, 5.74) is 0.946. The molecule has 0 heterocycles. The molecule has 2 amide bonds. The minimum Gasteiger partial charge on any atom is -0.392 e. The number of carbonyl (C=O) groups is 1. The predicted molar refractivity (Wildman–Crippen MR) is 77.2 cm³/mol. The molecule has 2 N–H and O–H groups in total. The normalized spacial score (nSPS) is 12.3. The van der Waals surface area contributed by atoms with Gasteiger partial charge in [-0.05, 0) is 38.5 Å². The molecule has 1 aromatic carbocycles. The molecule has 0 fully saturated rings. The van der Waals surface area contributed by atoms with Crippen molar-refractivity contribution in [2.75, 3.05) is 6.54 Å². The largest absolute Gasteiger partial charge is 0.392 e. The van der Waals surface area contributed by atoms with Crippen molar-refractivity contribution >= 4 is 17.6 Å². The van der Waals surface area contributed by atoms with Gasteiger partial charge in [-0.3, -0.25) is 0 Å². The fourth-order valence-electron chi connectivity index (χ4n) is 1.74. The zero-order chi connectivity index (χ0) is 14.4. The molecule has 0 aliphatic heterocycles. The number of aliphatic hydroxyl groups excluding tert-OH is 1. The van der Waals surface area contributed by atoms with Crippen molar-refractivity contribution < 1.29 is 9.90 Å². The fraction of sp³-hybridized carbons (Fsp3) is 0.500. The molecule has 0 saturated carbocycles. The van der Waals surface area contributed by atoms with Gasteiger partial charge in [0.2, 0.25) is 0 Å². The molecule has 106 valence electrons. The number of amides is 2. The number of aliphatic hydroxyl groups is 1. The Balaban J connectivity index is 2.57. The van der Waals surface area contributed by atoms with Crippen molar-refractivity contribution in [3.05, 3.63) is 34.9 Å². The number of nitrogens with one attached hydrogen (secondary N) is 1. The Bertz CT molecular complexity index is 422. The Morgan fingerprint density at radius 3 is 2.63 bits per heavy atom. The average molecular weight is 285 g/mol. The van der Waals surface area contributed by atoms with Crippen LogP contribution in [0.1, 0.15) is 26.3 Å². The zero-order valence-corrected chi connectivity index (χ0v) is 12.3. The van der Waals surface area contributed by atoms with E-state index in [0.717, 1.165) is 5.56 Å². The first-order chi connectivity index (χ1) is 8.90. The SMILES string of the molecule is CC(O)CN(C(=O)NCc1cccc(Cl)c1)C(C)C. The van der Waals surface area contributed by atoms with E-state index < -0.39 is 6.10 Å². The van der Waals surface area contributed by atoms with Crippen LogP contribution in [0.15, 0.2) is 24.3 Å². The maximum atomic E-state index is 12.0. The molecule has 0 bridgehead atoms. The van der Waals surface area contributed by atoms with Crippen LogP contribution in [-0.4, -0.2) is 34.7 Å². The summed E-state index contributed by atoms with van der Waals surface area (Å²) < 4.78 is 0. The van der Waals surface area contributed by atoms with Crippen LogP contribution in [0.25, 0.3) is 0 Å². The molecule has 0 aromatic heterocycles. The lowest BCUT2D eigenvalue weighted by Gasteiger charge is -2.28. The highest BCUT2D eigenvalue weighted by molar-refractivity contribution is 6.30. The topological polar surface area (TPSA) is 52.6 Å². The van der Waals surface area contributed by atoms with Crippen LogP contribution in [0, 0.1) is 0 Å². The fourth-order valence-corrected chi connectivity index (χ4v) is 1.95. The van der Waals surface area contributed by atoms with E-state index in [-0.39, 0.29) is 12.1 Å². The second kappa shape index (κ2) is 7.36. The van der Waals surface area contributed by atoms with E-state index in [2.05, 4.69) is 5.32 Å². The third-order valence-electron chi connectivity index (χ3n) is 2.68. The third kappa shape index (κ3) is 5.49. The van der Waals surface area contributed by atoms with Crippen LogP contribution in [0.2, 0.25) is 5.02 Å². The number of hydrogen-bond donors (Lipinski definition) is 2. The van der Waals surface area contributed by atoms with Crippen LogP contribution in [-0.2, 0) is 6.54 Å². The van der Waals surface area contributed by atoms with E-state index in [1.807, 2.05) is 32.0 Å². The summed E-state index contributed by atoms with van der Waals surface area (Å²) in [5, 5.41) is 12.9. The summed E-state index contributed by atoms with van der Waals surface area (Å²) >= 11 is 5.89. The van der Waals surface area contributed by atoms with Gasteiger partial charge < -0.3 is 15.3 Å². The first-order valence-corrected chi connectivity index (χ1v) is 6.75. The van der Waals surface area contributed by atoms with Crippen LogP contribution < -0.4 is 5.32 Å². The Hall–Kier alpha value is -1.26. The summed E-state index contributed by atoms with van der Waals surface area (Å²) in [6, 6.07) is 7.21. The Labute approximate surface area is 119 Å². The molecule has 1 rings (SSSR count). The first kappa shape index (κ1) is 15.8. The van der Waals surface area contributed by atoms with Crippen molar-refractivity contribution in [2.45, 2.75) is 39.5 Å². The second-order valence-corrected chi connectivity index (χ2v) is 5.32. The number of halogens is 1. The lowest BCUT2D eigenvalue weighted by atomic mass is 10.2. The average Bonchev–Trinajstić information content (AvgIpc) is 2.32. The van der Waals surface area contributed by atoms with Crippen LogP contribution in [0.5, 0.6) is 0 Å². The Kier molecular flexibility index (Phi) is 6.12. The number of hydrogen-bond acceptors (Lipinski definition) is 2.